The molecule has 0 aliphatic carbocycles. The summed E-state index contributed by atoms with van der Waals surface area (Å²) >= 11 is 0. The Balaban J connectivity index is 1.95. The molecule has 3 rings (SSSR count). The first-order valence-corrected chi connectivity index (χ1v) is 6.26. The number of hydrogen-bond donors (Lipinski definition) is 1. The van der Waals surface area contributed by atoms with Crippen molar-refractivity contribution in [2.75, 3.05) is 13.2 Å². The van der Waals surface area contributed by atoms with Crippen molar-refractivity contribution in [3.05, 3.63) is 41.6 Å². The van der Waals surface area contributed by atoms with E-state index in [0.29, 0.717) is 19.6 Å². The summed E-state index contributed by atoms with van der Waals surface area (Å²) in [6.07, 6.45) is 2.34. The first kappa shape index (κ1) is 12.1. The van der Waals surface area contributed by atoms with Crippen molar-refractivity contribution in [2.45, 2.75) is 13.3 Å². The Labute approximate surface area is 111 Å². The Bertz CT molecular complexity index is 647. The zero-order valence-electron chi connectivity index (χ0n) is 10.7. The molecule has 0 bridgehead atoms. The molecule has 98 valence electrons. The van der Waals surface area contributed by atoms with E-state index >= 15 is 0 Å². The lowest BCUT2D eigenvalue weighted by atomic mass is 9.80. The lowest BCUT2D eigenvalue weighted by Crippen LogP contribution is -2.50. The van der Waals surface area contributed by atoms with Gasteiger partial charge in [0.05, 0.1) is 18.7 Å². The molecule has 2 heterocycles. The highest BCUT2D eigenvalue weighted by atomic mass is 16.5. The van der Waals surface area contributed by atoms with Crippen LogP contribution in [0, 0.1) is 12.3 Å². The van der Waals surface area contributed by atoms with Crippen molar-refractivity contribution >= 4 is 16.9 Å². The van der Waals surface area contributed by atoms with Crippen LogP contribution in [0.25, 0.3) is 10.9 Å². The molecule has 1 fully saturated rings. The first-order valence-electron chi connectivity index (χ1n) is 6.26. The van der Waals surface area contributed by atoms with Gasteiger partial charge in [0.25, 0.3) is 0 Å². The predicted molar refractivity (Wildman–Crippen MR) is 71.1 cm³/mol. The summed E-state index contributed by atoms with van der Waals surface area (Å²) in [5.74, 6) is -0.777. The molecular weight excluding hydrogens is 242 g/mol. The number of carboxylic acid groups (broad SMARTS) is 1. The van der Waals surface area contributed by atoms with Gasteiger partial charge in [-0.1, -0.05) is 6.07 Å². The fourth-order valence-corrected chi connectivity index (χ4v) is 2.44. The van der Waals surface area contributed by atoms with E-state index in [-0.39, 0.29) is 0 Å². The van der Waals surface area contributed by atoms with Crippen molar-refractivity contribution < 1.29 is 14.6 Å². The molecular formula is C15H15NO3. The quantitative estimate of drug-likeness (QED) is 0.915. The molecule has 1 N–H and O–H groups in total. The number of fused-ring (bicyclic) bond motifs is 1. The number of aromatic nitrogens is 1. The first-order chi connectivity index (χ1) is 9.09. The molecule has 19 heavy (non-hydrogen) atoms. The molecule has 0 amide bonds. The number of benzene rings is 1. The number of carboxylic acids is 1. The average Bonchev–Trinajstić information content (AvgIpc) is 2.32. The number of aliphatic carboxylic acids is 1. The Morgan fingerprint density at radius 3 is 2.84 bits per heavy atom. The standard InChI is InChI=1S/C15H15NO3/c1-10-4-12-5-11(2-3-13(12)16-7-10)6-15(14(17)18)8-19-9-15/h2-5,7H,6,8-9H2,1H3,(H,17,18). The van der Waals surface area contributed by atoms with Crippen LogP contribution in [-0.4, -0.2) is 29.3 Å². The van der Waals surface area contributed by atoms with Crippen LogP contribution in [0.3, 0.4) is 0 Å². The Kier molecular flexibility index (Phi) is 2.75. The molecule has 1 aliphatic rings. The summed E-state index contributed by atoms with van der Waals surface area (Å²) in [4.78, 5) is 15.7. The van der Waals surface area contributed by atoms with Gasteiger partial charge in [-0.3, -0.25) is 9.78 Å². The summed E-state index contributed by atoms with van der Waals surface area (Å²) in [7, 11) is 0. The molecule has 1 aromatic carbocycles. The third-order valence-electron chi connectivity index (χ3n) is 3.64. The van der Waals surface area contributed by atoms with Gasteiger partial charge in [0.1, 0.15) is 5.41 Å². The van der Waals surface area contributed by atoms with Crippen LogP contribution in [0.2, 0.25) is 0 Å². The molecule has 1 saturated heterocycles. The molecule has 0 atom stereocenters. The predicted octanol–water partition coefficient (Wildman–Crippen LogP) is 2.19. The van der Waals surface area contributed by atoms with E-state index in [9.17, 15) is 9.90 Å². The lowest BCUT2D eigenvalue weighted by Gasteiger charge is -2.37. The Morgan fingerprint density at radius 2 is 2.21 bits per heavy atom. The molecule has 2 aromatic rings. The Hall–Kier alpha value is -1.94. The highest BCUT2D eigenvalue weighted by molar-refractivity contribution is 5.80. The molecule has 1 aliphatic heterocycles. The summed E-state index contributed by atoms with van der Waals surface area (Å²) in [6, 6.07) is 7.99. The molecule has 0 radical (unpaired) electrons. The van der Waals surface area contributed by atoms with E-state index in [1.807, 2.05) is 31.3 Å². The number of hydrogen-bond acceptors (Lipinski definition) is 3. The van der Waals surface area contributed by atoms with Gasteiger partial charge >= 0.3 is 5.97 Å². The van der Waals surface area contributed by atoms with Crippen LogP contribution in [0.1, 0.15) is 11.1 Å². The lowest BCUT2D eigenvalue weighted by molar-refractivity contribution is -0.179. The zero-order valence-corrected chi connectivity index (χ0v) is 10.7. The van der Waals surface area contributed by atoms with E-state index < -0.39 is 11.4 Å². The normalized spacial score (nSPS) is 17.1. The molecule has 1 aromatic heterocycles. The number of nitrogens with zero attached hydrogens (tertiary/aromatic N) is 1. The fraction of sp³-hybridized carbons (Fsp3) is 0.333. The van der Waals surface area contributed by atoms with Gasteiger partial charge in [-0.25, -0.2) is 0 Å². The number of rotatable bonds is 3. The number of ether oxygens (including phenoxy) is 1. The van der Waals surface area contributed by atoms with Gasteiger partial charge in [0, 0.05) is 11.6 Å². The van der Waals surface area contributed by atoms with Gasteiger partial charge in [0.15, 0.2) is 0 Å². The number of carbonyl (C=O) groups is 1. The molecule has 0 unspecified atom stereocenters. The second-order valence-corrected chi connectivity index (χ2v) is 5.29. The zero-order chi connectivity index (χ0) is 13.5. The van der Waals surface area contributed by atoms with Crippen molar-refractivity contribution in [2.24, 2.45) is 5.41 Å². The van der Waals surface area contributed by atoms with E-state index in [4.69, 9.17) is 4.74 Å². The van der Waals surface area contributed by atoms with Gasteiger partial charge in [0.2, 0.25) is 0 Å². The maximum Gasteiger partial charge on any atom is 0.314 e. The third-order valence-corrected chi connectivity index (χ3v) is 3.64. The maximum absolute atomic E-state index is 11.3. The topological polar surface area (TPSA) is 59.4 Å². The highest BCUT2D eigenvalue weighted by Gasteiger charge is 2.46. The summed E-state index contributed by atoms with van der Waals surface area (Å²) in [5, 5.41) is 10.4. The van der Waals surface area contributed by atoms with E-state index in [0.717, 1.165) is 22.0 Å². The van der Waals surface area contributed by atoms with E-state index in [1.165, 1.54) is 0 Å². The summed E-state index contributed by atoms with van der Waals surface area (Å²) in [5.41, 5.74) is 2.31. The largest absolute Gasteiger partial charge is 0.481 e. The SMILES string of the molecule is Cc1cnc2ccc(CC3(C(=O)O)COC3)cc2c1. The van der Waals surface area contributed by atoms with Gasteiger partial charge < -0.3 is 9.84 Å². The van der Waals surface area contributed by atoms with Crippen LogP contribution in [0.5, 0.6) is 0 Å². The van der Waals surface area contributed by atoms with Gasteiger partial charge in [-0.2, -0.15) is 0 Å². The van der Waals surface area contributed by atoms with Crippen molar-refractivity contribution in [3.63, 3.8) is 0 Å². The number of pyridine rings is 1. The summed E-state index contributed by atoms with van der Waals surface area (Å²) in [6.45, 7) is 2.59. The average molecular weight is 257 g/mol. The minimum Gasteiger partial charge on any atom is -0.481 e. The second kappa shape index (κ2) is 4.31. The Morgan fingerprint density at radius 1 is 1.42 bits per heavy atom. The van der Waals surface area contributed by atoms with Crippen LogP contribution in [0.15, 0.2) is 30.5 Å². The monoisotopic (exact) mass is 257 g/mol. The van der Waals surface area contributed by atoms with Crippen molar-refractivity contribution in [1.29, 1.82) is 0 Å². The fourth-order valence-electron chi connectivity index (χ4n) is 2.44. The minimum absolute atomic E-state index is 0.298. The van der Waals surface area contributed by atoms with E-state index in [2.05, 4.69) is 11.1 Å². The molecule has 4 nitrogen and oxygen atoms in total. The second-order valence-electron chi connectivity index (χ2n) is 5.29. The van der Waals surface area contributed by atoms with Crippen LogP contribution in [-0.2, 0) is 16.0 Å². The molecule has 0 spiro atoms. The smallest absolute Gasteiger partial charge is 0.314 e. The van der Waals surface area contributed by atoms with Crippen LogP contribution < -0.4 is 0 Å². The van der Waals surface area contributed by atoms with Gasteiger partial charge in [-0.05, 0) is 42.7 Å². The van der Waals surface area contributed by atoms with Crippen LogP contribution in [0.4, 0.5) is 0 Å². The number of aryl methyl sites for hydroxylation is 1. The molecule has 4 heteroatoms. The maximum atomic E-state index is 11.3. The van der Waals surface area contributed by atoms with Gasteiger partial charge in [-0.15, -0.1) is 0 Å². The van der Waals surface area contributed by atoms with Crippen LogP contribution >= 0.6 is 0 Å². The van der Waals surface area contributed by atoms with E-state index in [1.54, 1.807) is 0 Å². The molecule has 0 saturated carbocycles. The minimum atomic E-state index is -0.777. The van der Waals surface area contributed by atoms with Crippen molar-refractivity contribution in [3.8, 4) is 0 Å². The third kappa shape index (κ3) is 2.08. The van der Waals surface area contributed by atoms with Crippen molar-refractivity contribution in [1.82, 2.24) is 4.98 Å². The summed E-state index contributed by atoms with van der Waals surface area (Å²) < 4.78 is 5.09. The highest BCUT2D eigenvalue weighted by Crippen LogP contribution is 2.32.